The van der Waals surface area contributed by atoms with E-state index >= 15 is 8.78 Å². The predicted molar refractivity (Wildman–Crippen MR) is 189 cm³/mol. The molecule has 0 bridgehead atoms. The Morgan fingerprint density at radius 2 is 1.44 bits per heavy atom. The number of nitrogens with zero attached hydrogens (tertiary/aromatic N) is 3. The van der Waals surface area contributed by atoms with E-state index in [0.717, 1.165) is 5.56 Å². The number of hydrogen-bond donors (Lipinski definition) is 1. The summed E-state index contributed by atoms with van der Waals surface area (Å²) in [5.41, 5.74) is -0.545. The summed E-state index contributed by atoms with van der Waals surface area (Å²) in [5.74, 6) is -21.4. The molecule has 54 heavy (non-hydrogen) atoms. The van der Waals surface area contributed by atoms with E-state index in [2.05, 4.69) is 20.8 Å². The number of carbonyl (C=O) groups excluding carboxylic acids is 4. The Balaban J connectivity index is 1.19. The van der Waals surface area contributed by atoms with Crippen molar-refractivity contribution >= 4 is 68.4 Å². The van der Waals surface area contributed by atoms with Crippen LogP contribution >= 0.6 is 39.1 Å². The molecule has 4 fully saturated rings. The molecule has 1 saturated carbocycles. The number of halogens is 8. The van der Waals surface area contributed by atoms with Crippen LogP contribution in [-0.4, -0.2) is 67.4 Å². The van der Waals surface area contributed by atoms with E-state index in [1.54, 1.807) is 6.08 Å². The molecule has 6 unspecified atom stereocenters. The van der Waals surface area contributed by atoms with Gasteiger partial charge in [0.2, 0.25) is 17.6 Å². The average Bonchev–Trinajstić information content (AvgIpc) is 3.49. The standard InChI is InChI=1S/C38H29BrCl2F5N3O5/c39-18-6-9-24(50)22(14-18)26-20-7-8-21-25(34(52)48(33(21)51)19-10-12-47(13-11-19)16-17-4-2-1-3-5-17)23(20)15-37(40)35(53)49(36(54)38(26,37)41)32-30(45)28(43)27(42)29(44)31(32)46/h1-7,9,14,19,21,23,25-26,50H,8,10-13,15-16H2. The number of phenolic OH excluding ortho intramolecular Hbond substituents is 1. The van der Waals surface area contributed by atoms with Crippen LogP contribution in [0.1, 0.15) is 42.7 Å². The number of carbonyl (C=O) groups is 4. The Morgan fingerprint density at radius 1 is 0.815 bits per heavy atom. The van der Waals surface area contributed by atoms with Crippen molar-refractivity contribution in [1.29, 1.82) is 0 Å². The van der Waals surface area contributed by atoms with Crippen LogP contribution in [0.15, 0.2) is 64.7 Å². The van der Waals surface area contributed by atoms with Crippen LogP contribution in [0.2, 0.25) is 0 Å². The van der Waals surface area contributed by atoms with Gasteiger partial charge in [-0.1, -0.05) is 57.9 Å². The lowest BCUT2D eigenvalue weighted by atomic mass is 9.56. The third kappa shape index (κ3) is 5.15. The summed E-state index contributed by atoms with van der Waals surface area (Å²) in [5, 5.41) is 11.2. The Hall–Kier alpha value is -3.85. The van der Waals surface area contributed by atoms with Gasteiger partial charge in [0.15, 0.2) is 33.0 Å². The highest BCUT2D eigenvalue weighted by molar-refractivity contribution is 9.10. The second kappa shape index (κ2) is 13.1. The van der Waals surface area contributed by atoms with Crippen molar-refractivity contribution in [2.45, 2.75) is 53.9 Å². The lowest BCUT2D eigenvalue weighted by Gasteiger charge is -2.50. The molecular weight excluding hydrogens is 824 g/mol. The number of anilines is 1. The minimum absolute atomic E-state index is 0.0153. The first-order valence-electron chi connectivity index (χ1n) is 17.2. The number of alkyl halides is 2. The molecular formula is C38H29BrCl2F5N3O5. The Labute approximate surface area is 323 Å². The molecule has 8 nitrogen and oxygen atoms in total. The fourth-order valence-corrected chi connectivity index (χ4v) is 10.5. The number of piperidine rings is 1. The van der Waals surface area contributed by atoms with Gasteiger partial charge in [-0.2, -0.15) is 0 Å². The van der Waals surface area contributed by atoms with Crippen molar-refractivity contribution in [1.82, 2.24) is 9.80 Å². The highest BCUT2D eigenvalue weighted by Crippen LogP contribution is 2.67. The number of rotatable bonds is 5. The lowest BCUT2D eigenvalue weighted by molar-refractivity contribution is -0.144. The van der Waals surface area contributed by atoms with Gasteiger partial charge in [0.25, 0.3) is 11.8 Å². The van der Waals surface area contributed by atoms with Gasteiger partial charge in [0, 0.05) is 41.6 Å². The molecule has 0 aromatic heterocycles. The minimum atomic E-state index is -2.73. The molecule has 4 amide bonds. The summed E-state index contributed by atoms with van der Waals surface area (Å²) in [7, 11) is 0. The van der Waals surface area contributed by atoms with Crippen LogP contribution in [0.4, 0.5) is 27.6 Å². The van der Waals surface area contributed by atoms with Crippen molar-refractivity contribution in [2.75, 3.05) is 18.0 Å². The summed E-state index contributed by atoms with van der Waals surface area (Å²) in [6.45, 7) is 1.94. The molecule has 0 radical (unpaired) electrons. The largest absolute Gasteiger partial charge is 0.508 e. The molecule has 282 valence electrons. The first-order chi connectivity index (χ1) is 25.6. The molecule has 6 atom stereocenters. The van der Waals surface area contributed by atoms with E-state index in [9.17, 15) is 37.5 Å². The summed E-state index contributed by atoms with van der Waals surface area (Å²) in [6, 6.07) is 13.5. The maximum Gasteiger partial charge on any atom is 0.258 e. The average molecular weight is 853 g/mol. The van der Waals surface area contributed by atoms with Crippen molar-refractivity contribution in [3.63, 3.8) is 0 Å². The number of phenols is 1. The van der Waals surface area contributed by atoms with Crippen LogP contribution in [-0.2, 0) is 25.7 Å². The van der Waals surface area contributed by atoms with E-state index in [1.165, 1.54) is 23.1 Å². The maximum absolute atomic E-state index is 15.3. The summed E-state index contributed by atoms with van der Waals surface area (Å²) >= 11 is 17.7. The number of allylic oxidation sites excluding steroid dienone is 2. The van der Waals surface area contributed by atoms with E-state index in [4.69, 9.17) is 23.2 Å². The van der Waals surface area contributed by atoms with Gasteiger partial charge in [-0.25, -0.2) is 26.9 Å². The molecule has 1 N–H and O–H groups in total. The third-order valence-corrected chi connectivity index (χ3v) is 13.6. The Kier molecular flexibility index (Phi) is 9.02. The van der Waals surface area contributed by atoms with Crippen molar-refractivity contribution in [3.8, 4) is 5.75 Å². The van der Waals surface area contributed by atoms with E-state index in [0.29, 0.717) is 36.9 Å². The van der Waals surface area contributed by atoms with Gasteiger partial charge in [0.05, 0.1) is 11.8 Å². The topological polar surface area (TPSA) is 98.2 Å². The zero-order chi connectivity index (χ0) is 38.6. The van der Waals surface area contributed by atoms with Gasteiger partial charge < -0.3 is 5.11 Å². The maximum atomic E-state index is 15.3. The van der Waals surface area contributed by atoms with Gasteiger partial charge in [-0.3, -0.25) is 29.0 Å². The van der Waals surface area contributed by atoms with E-state index < -0.39 is 110 Å². The van der Waals surface area contributed by atoms with Crippen LogP contribution in [0.3, 0.4) is 0 Å². The molecule has 3 aromatic carbocycles. The number of amides is 4. The molecule has 8 rings (SSSR count). The second-order valence-electron chi connectivity index (χ2n) is 14.4. The Morgan fingerprint density at radius 3 is 2.09 bits per heavy atom. The molecule has 5 aliphatic rings. The number of imide groups is 2. The zero-order valence-corrected chi connectivity index (χ0v) is 31.1. The Bertz CT molecular complexity index is 2160. The van der Waals surface area contributed by atoms with Gasteiger partial charge in [-0.05, 0) is 55.4 Å². The molecule has 2 aliphatic carbocycles. The molecule has 3 aromatic rings. The quantitative estimate of drug-likeness (QED) is 0.0737. The highest BCUT2D eigenvalue weighted by Gasteiger charge is 2.77. The zero-order valence-electron chi connectivity index (χ0n) is 28.0. The van der Waals surface area contributed by atoms with Gasteiger partial charge in [-0.15, -0.1) is 23.2 Å². The molecule has 3 saturated heterocycles. The predicted octanol–water partition coefficient (Wildman–Crippen LogP) is 7.08. The van der Waals surface area contributed by atoms with Crippen molar-refractivity contribution in [3.05, 3.63) is 105 Å². The molecule has 0 spiro atoms. The van der Waals surface area contributed by atoms with E-state index in [1.807, 2.05) is 30.3 Å². The number of fused-ring (bicyclic) bond motifs is 4. The smallest absolute Gasteiger partial charge is 0.258 e. The molecule has 16 heteroatoms. The lowest BCUT2D eigenvalue weighted by Crippen LogP contribution is -2.60. The van der Waals surface area contributed by atoms with Crippen LogP contribution in [0.5, 0.6) is 5.75 Å². The number of aromatic hydroxyl groups is 1. The highest BCUT2D eigenvalue weighted by atomic mass is 79.9. The molecule has 3 aliphatic heterocycles. The summed E-state index contributed by atoms with van der Waals surface area (Å²) < 4.78 is 74.0. The summed E-state index contributed by atoms with van der Waals surface area (Å²) in [6.07, 6.45) is 2.03. The number of likely N-dealkylation sites (tertiary alicyclic amines) is 2. The normalized spacial score (nSPS) is 30.1. The monoisotopic (exact) mass is 851 g/mol. The fourth-order valence-electron chi connectivity index (χ4n) is 9.23. The van der Waals surface area contributed by atoms with Crippen molar-refractivity contribution < 1.29 is 46.2 Å². The first kappa shape index (κ1) is 37.1. The first-order valence-corrected chi connectivity index (χ1v) is 18.8. The van der Waals surface area contributed by atoms with Gasteiger partial charge in [0.1, 0.15) is 11.4 Å². The van der Waals surface area contributed by atoms with Crippen LogP contribution < -0.4 is 4.90 Å². The van der Waals surface area contributed by atoms with Crippen LogP contribution in [0.25, 0.3) is 0 Å². The number of benzene rings is 3. The second-order valence-corrected chi connectivity index (χ2v) is 16.6. The van der Waals surface area contributed by atoms with Crippen molar-refractivity contribution in [2.24, 2.45) is 17.8 Å². The fraction of sp³-hybridized carbons (Fsp3) is 0.368. The number of hydrogen-bond acceptors (Lipinski definition) is 6. The summed E-state index contributed by atoms with van der Waals surface area (Å²) in [4.78, 5) is 55.3. The molecule has 3 heterocycles. The SMILES string of the molecule is O=C1C2CC=C3C(CC4(Cl)C(=O)N(c5c(F)c(F)c(F)c(F)c5F)C(=O)C4(Cl)C3c3cc(Br)ccc3O)C2C(=O)N1C1CCN(Cc2ccccc2)CC1. The van der Waals surface area contributed by atoms with Crippen LogP contribution in [0, 0.1) is 46.8 Å². The van der Waals surface area contributed by atoms with Gasteiger partial charge >= 0.3 is 0 Å². The third-order valence-electron chi connectivity index (χ3n) is 11.7. The minimum Gasteiger partial charge on any atom is -0.508 e. The van der Waals surface area contributed by atoms with E-state index in [-0.39, 0.29) is 22.5 Å².